The standard InChI is InChI=1S/C43H44FN7O3S/c1-28(2)51-20-18-50(19-21-51)22-23-53-38-17-16-33(25-36(38)44)46-43-45-26-35(40(52)48-39-29(3)10-8-11-30(39)4)41(49-43)54-34-15-9-14-32(24-34)37-27-55-42(47-37)31-12-6-5-7-13-31/h5-17,24-28H,18-23H2,1-4H3,(H,48,52)(H,45,46,49). The smallest absolute Gasteiger partial charge is 0.262 e. The third-order valence-electron chi connectivity index (χ3n) is 9.58. The average Bonchev–Trinajstić information content (AvgIpc) is 3.69. The fourth-order valence-electron chi connectivity index (χ4n) is 6.42. The topological polar surface area (TPSA) is 105 Å². The first kappa shape index (κ1) is 37.6. The van der Waals surface area contributed by atoms with Crippen LogP contribution in [0.15, 0.2) is 103 Å². The number of hydrogen-bond acceptors (Lipinski definition) is 10. The lowest BCUT2D eigenvalue weighted by molar-refractivity contribution is 0.0965. The van der Waals surface area contributed by atoms with Crippen LogP contribution >= 0.6 is 11.3 Å². The SMILES string of the molecule is Cc1cccc(C)c1NC(=O)c1cnc(Nc2ccc(OCCN3CCN(C(C)C)CC3)c(F)c2)nc1Oc1cccc(-c2csc(-c3ccccc3)n2)c1. The van der Waals surface area contributed by atoms with E-state index in [1.165, 1.54) is 12.3 Å². The van der Waals surface area contributed by atoms with Crippen molar-refractivity contribution in [2.24, 2.45) is 0 Å². The quantitative estimate of drug-likeness (QED) is 0.119. The third-order valence-corrected chi connectivity index (χ3v) is 10.5. The lowest BCUT2D eigenvalue weighted by Crippen LogP contribution is -2.49. The maximum absolute atomic E-state index is 15.2. The highest BCUT2D eigenvalue weighted by Gasteiger charge is 2.21. The number of ether oxygens (including phenoxy) is 2. The van der Waals surface area contributed by atoms with Gasteiger partial charge in [0.2, 0.25) is 11.8 Å². The second kappa shape index (κ2) is 17.2. The third kappa shape index (κ3) is 9.34. The number of para-hydroxylation sites is 1. The Hall–Kier alpha value is -5.69. The van der Waals surface area contributed by atoms with Crippen molar-refractivity contribution in [1.82, 2.24) is 24.8 Å². The number of aromatic nitrogens is 3. The van der Waals surface area contributed by atoms with Crippen LogP contribution in [-0.2, 0) is 0 Å². The van der Waals surface area contributed by atoms with Crippen molar-refractivity contribution < 1.29 is 18.7 Å². The lowest BCUT2D eigenvalue weighted by atomic mass is 10.1. The van der Waals surface area contributed by atoms with Crippen LogP contribution in [0.5, 0.6) is 17.4 Å². The summed E-state index contributed by atoms with van der Waals surface area (Å²) in [5.41, 5.74) is 5.75. The Balaban J connectivity index is 1.09. The minimum atomic E-state index is -0.509. The van der Waals surface area contributed by atoms with E-state index in [1.807, 2.05) is 86.0 Å². The normalized spacial score (nSPS) is 13.5. The summed E-state index contributed by atoms with van der Waals surface area (Å²) in [4.78, 5) is 32.4. The summed E-state index contributed by atoms with van der Waals surface area (Å²) in [7, 11) is 0. The number of halogens is 1. The van der Waals surface area contributed by atoms with E-state index in [2.05, 4.69) is 44.2 Å². The van der Waals surface area contributed by atoms with E-state index in [0.717, 1.165) is 65.7 Å². The number of carbonyl (C=O) groups excluding carboxylic acids is 1. The van der Waals surface area contributed by atoms with Gasteiger partial charge in [0.05, 0.1) is 5.69 Å². The molecule has 6 aromatic rings. The van der Waals surface area contributed by atoms with Crippen molar-refractivity contribution >= 4 is 34.6 Å². The number of anilines is 3. The second-order valence-corrected chi connectivity index (χ2v) is 14.6. The molecule has 2 N–H and O–H groups in total. The molecule has 4 aromatic carbocycles. The van der Waals surface area contributed by atoms with Crippen LogP contribution in [0, 0.1) is 19.7 Å². The number of benzene rings is 4. The zero-order valence-electron chi connectivity index (χ0n) is 31.4. The molecule has 12 heteroatoms. The minimum Gasteiger partial charge on any atom is -0.489 e. The summed E-state index contributed by atoms with van der Waals surface area (Å²) in [6.45, 7) is 13.4. The Morgan fingerprint density at radius 3 is 2.38 bits per heavy atom. The molecule has 0 spiro atoms. The molecule has 2 aromatic heterocycles. The summed E-state index contributed by atoms with van der Waals surface area (Å²) < 4.78 is 27.4. The Morgan fingerprint density at radius 2 is 1.64 bits per heavy atom. The molecule has 55 heavy (non-hydrogen) atoms. The Kier molecular flexibility index (Phi) is 11.8. The molecule has 1 saturated heterocycles. The maximum Gasteiger partial charge on any atom is 0.262 e. The molecule has 0 saturated carbocycles. The van der Waals surface area contributed by atoms with Crippen LogP contribution in [0.25, 0.3) is 21.8 Å². The van der Waals surface area contributed by atoms with E-state index in [0.29, 0.717) is 29.8 Å². The molecule has 282 valence electrons. The number of hydrogen-bond donors (Lipinski definition) is 2. The van der Waals surface area contributed by atoms with E-state index in [9.17, 15) is 4.79 Å². The zero-order valence-corrected chi connectivity index (χ0v) is 32.2. The average molecular weight is 758 g/mol. The molecule has 7 rings (SSSR count). The van der Waals surface area contributed by atoms with Crippen molar-refractivity contribution in [2.45, 2.75) is 33.7 Å². The van der Waals surface area contributed by atoms with Crippen molar-refractivity contribution in [3.8, 4) is 39.2 Å². The minimum absolute atomic E-state index is 0.0243. The van der Waals surface area contributed by atoms with Gasteiger partial charge in [0, 0.05) is 78.9 Å². The van der Waals surface area contributed by atoms with Crippen molar-refractivity contribution in [3.05, 3.63) is 125 Å². The molecule has 1 aliphatic rings. The molecule has 1 amide bonds. The molecule has 0 atom stereocenters. The number of thiazole rings is 1. The summed E-state index contributed by atoms with van der Waals surface area (Å²) >= 11 is 1.56. The highest BCUT2D eigenvalue weighted by atomic mass is 32.1. The van der Waals surface area contributed by atoms with Crippen molar-refractivity contribution in [1.29, 1.82) is 0 Å². The predicted octanol–water partition coefficient (Wildman–Crippen LogP) is 9.22. The largest absolute Gasteiger partial charge is 0.489 e. The summed E-state index contributed by atoms with van der Waals surface area (Å²) in [6.07, 6.45) is 1.40. The first-order valence-corrected chi connectivity index (χ1v) is 19.3. The summed E-state index contributed by atoms with van der Waals surface area (Å²) in [6, 6.07) is 28.4. The molecular weight excluding hydrogens is 714 g/mol. The van der Waals surface area contributed by atoms with Crippen LogP contribution < -0.4 is 20.1 Å². The number of rotatable bonds is 13. The van der Waals surface area contributed by atoms with Gasteiger partial charge in [0.1, 0.15) is 22.9 Å². The van der Waals surface area contributed by atoms with Crippen molar-refractivity contribution in [3.63, 3.8) is 0 Å². The Morgan fingerprint density at radius 1 is 0.891 bits per heavy atom. The highest BCUT2D eigenvalue weighted by molar-refractivity contribution is 7.13. The second-order valence-electron chi connectivity index (χ2n) is 13.8. The molecule has 1 aliphatic heterocycles. The number of piperazine rings is 1. The van der Waals surface area contributed by atoms with Gasteiger partial charge in [-0.05, 0) is 63.1 Å². The molecule has 0 unspecified atom stereocenters. The van der Waals surface area contributed by atoms with Gasteiger partial charge in [0.25, 0.3) is 5.91 Å². The zero-order chi connectivity index (χ0) is 38.3. The molecule has 3 heterocycles. The first-order valence-electron chi connectivity index (χ1n) is 18.4. The van der Waals surface area contributed by atoms with Gasteiger partial charge in [-0.1, -0.05) is 60.7 Å². The molecule has 0 aliphatic carbocycles. The molecule has 0 radical (unpaired) electrons. The molecule has 0 bridgehead atoms. The fourth-order valence-corrected chi connectivity index (χ4v) is 7.25. The van der Waals surface area contributed by atoms with Gasteiger partial charge in [-0.3, -0.25) is 14.6 Å². The Labute approximate surface area is 325 Å². The van der Waals surface area contributed by atoms with Crippen LogP contribution in [0.2, 0.25) is 0 Å². The monoisotopic (exact) mass is 757 g/mol. The van der Waals surface area contributed by atoms with Gasteiger partial charge in [0.15, 0.2) is 11.6 Å². The van der Waals surface area contributed by atoms with Gasteiger partial charge in [-0.25, -0.2) is 14.4 Å². The van der Waals surface area contributed by atoms with E-state index in [-0.39, 0.29) is 23.1 Å². The van der Waals surface area contributed by atoms with Gasteiger partial charge < -0.3 is 20.1 Å². The lowest BCUT2D eigenvalue weighted by Gasteiger charge is -2.36. The van der Waals surface area contributed by atoms with E-state index in [1.54, 1.807) is 29.5 Å². The molecular formula is C43H44FN7O3S. The van der Waals surface area contributed by atoms with E-state index >= 15 is 4.39 Å². The van der Waals surface area contributed by atoms with Gasteiger partial charge in [-0.2, -0.15) is 4.98 Å². The summed E-state index contributed by atoms with van der Waals surface area (Å²) in [5.74, 6) is -0.175. The summed E-state index contributed by atoms with van der Waals surface area (Å²) in [5, 5.41) is 8.97. The van der Waals surface area contributed by atoms with E-state index < -0.39 is 11.7 Å². The number of carbonyl (C=O) groups is 1. The first-order chi connectivity index (χ1) is 26.7. The molecule has 10 nitrogen and oxygen atoms in total. The van der Waals surface area contributed by atoms with Crippen LogP contribution in [0.1, 0.15) is 35.3 Å². The van der Waals surface area contributed by atoms with E-state index in [4.69, 9.17) is 14.5 Å². The highest BCUT2D eigenvalue weighted by Crippen LogP contribution is 2.33. The number of nitrogens with one attached hydrogen (secondary N) is 2. The number of amides is 1. The van der Waals surface area contributed by atoms with Gasteiger partial charge in [-0.15, -0.1) is 11.3 Å². The molecule has 1 fully saturated rings. The number of aryl methyl sites for hydroxylation is 2. The van der Waals surface area contributed by atoms with Crippen LogP contribution in [0.3, 0.4) is 0 Å². The Bertz CT molecular complexity index is 2240. The van der Waals surface area contributed by atoms with Crippen LogP contribution in [-0.4, -0.2) is 76.0 Å². The van der Waals surface area contributed by atoms with Gasteiger partial charge >= 0.3 is 0 Å². The fraction of sp³-hybridized carbons (Fsp3) is 0.256. The predicted molar refractivity (Wildman–Crippen MR) is 217 cm³/mol. The maximum atomic E-state index is 15.2. The van der Waals surface area contributed by atoms with Crippen LogP contribution in [0.4, 0.5) is 21.7 Å². The number of nitrogens with zero attached hydrogens (tertiary/aromatic N) is 5. The van der Waals surface area contributed by atoms with Crippen molar-refractivity contribution in [2.75, 3.05) is 50.0 Å².